The van der Waals surface area contributed by atoms with Gasteiger partial charge >= 0.3 is 5.97 Å². The standard InChI is InChI=1S/C14H14O3/c1-9-10-5-2-3-6-11(10)17-12(9)14(13(15)16)7-4-8-14/h2-3,5-6H,4,7-8H2,1H3,(H,15,16). The summed E-state index contributed by atoms with van der Waals surface area (Å²) in [4.78, 5) is 11.5. The second-order valence-corrected chi connectivity index (χ2v) is 4.79. The fourth-order valence-electron chi connectivity index (χ4n) is 2.70. The predicted octanol–water partition coefficient (Wildman–Crippen LogP) is 3.25. The van der Waals surface area contributed by atoms with Crippen LogP contribution in [0.5, 0.6) is 0 Å². The number of aryl methyl sites for hydroxylation is 1. The SMILES string of the molecule is Cc1c(C2(C(=O)O)CCC2)oc2ccccc12. The zero-order valence-electron chi connectivity index (χ0n) is 9.69. The summed E-state index contributed by atoms with van der Waals surface area (Å²) < 4.78 is 5.79. The van der Waals surface area contributed by atoms with E-state index in [4.69, 9.17) is 4.42 Å². The molecule has 1 aromatic heterocycles. The molecule has 0 radical (unpaired) electrons. The van der Waals surface area contributed by atoms with Crippen molar-refractivity contribution in [2.75, 3.05) is 0 Å². The number of fused-ring (bicyclic) bond motifs is 1. The van der Waals surface area contributed by atoms with Gasteiger partial charge in [0.15, 0.2) is 0 Å². The molecule has 1 saturated carbocycles. The molecule has 0 aliphatic heterocycles. The van der Waals surface area contributed by atoms with Crippen molar-refractivity contribution in [3.8, 4) is 0 Å². The second-order valence-electron chi connectivity index (χ2n) is 4.79. The molecule has 1 N–H and O–H groups in total. The van der Waals surface area contributed by atoms with Crippen molar-refractivity contribution < 1.29 is 14.3 Å². The molecule has 2 aromatic rings. The zero-order valence-corrected chi connectivity index (χ0v) is 9.69. The molecule has 3 nitrogen and oxygen atoms in total. The number of benzene rings is 1. The van der Waals surface area contributed by atoms with Gasteiger partial charge in [0.05, 0.1) is 0 Å². The van der Waals surface area contributed by atoms with Crippen LogP contribution in [0.4, 0.5) is 0 Å². The topological polar surface area (TPSA) is 50.4 Å². The van der Waals surface area contributed by atoms with Gasteiger partial charge in [-0.25, -0.2) is 0 Å². The van der Waals surface area contributed by atoms with Gasteiger partial charge < -0.3 is 9.52 Å². The summed E-state index contributed by atoms with van der Waals surface area (Å²) in [6.07, 6.45) is 2.33. The van der Waals surface area contributed by atoms with E-state index in [9.17, 15) is 9.90 Å². The molecule has 0 atom stereocenters. The summed E-state index contributed by atoms with van der Waals surface area (Å²) in [5.74, 6) is -0.108. The van der Waals surface area contributed by atoms with Crippen molar-refractivity contribution in [2.24, 2.45) is 0 Å². The summed E-state index contributed by atoms with van der Waals surface area (Å²) >= 11 is 0. The number of carboxylic acids is 1. The van der Waals surface area contributed by atoms with Crippen molar-refractivity contribution in [3.05, 3.63) is 35.6 Å². The molecule has 1 aliphatic carbocycles. The maximum Gasteiger partial charge on any atom is 0.317 e. The number of furan rings is 1. The van der Waals surface area contributed by atoms with Crippen LogP contribution >= 0.6 is 0 Å². The van der Waals surface area contributed by atoms with Gasteiger partial charge in [0.2, 0.25) is 0 Å². The second kappa shape index (κ2) is 3.36. The fraction of sp³-hybridized carbons (Fsp3) is 0.357. The molecule has 1 heterocycles. The summed E-state index contributed by atoms with van der Waals surface area (Å²) in [6.45, 7) is 1.95. The van der Waals surface area contributed by atoms with Crippen molar-refractivity contribution in [1.82, 2.24) is 0 Å². The van der Waals surface area contributed by atoms with E-state index in [1.54, 1.807) is 0 Å². The Balaban J connectivity index is 2.24. The van der Waals surface area contributed by atoms with Crippen LogP contribution in [0.3, 0.4) is 0 Å². The van der Waals surface area contributed by atoms with Crippen LogP contribution in [-0.2, 0) is 10.2 Å². The summed E-state index contributed by atoms with van der Waals surface area (Å²) in [5.41, 5.74) is 0.985. The van der Waals surface area contributed by atoms with Crippen molar-refractivity contribution in [2.45, 2.75) is 31.6 Å². The third kappa shape index (κ3) is 1.25. The fourth-order valence-corrected chi connectivity index (χ4v) is 2.70. The minimum atomic E-state index is -0.775. The molecule has 0 amide bonds. The van der Waals surface area contributed by atoms with Gasteiger partial charge in [-0.1, -0.05) is 24.6 Å². The first-order valence-electron chi connectivity index (χ1n) is 5.87. The van der Waals surface area contributed by atoms with Gasteiger partial charge in [-0.05, 0) is 31.4 Å². The Kier molecular flexibility index (Phi) is 2.05. The lowest BCUT2D eigenvalue weighted by molar-refractivity contribution is -0.148. The molecular formula is C14H14O3. The third-order valence-corrected chi connectivity index (χ3v) is 3.89. The minimum Gasteiger partial charge on any atom is -0.480 e. The molecule has 3 heteroatoms. The Morgan fingerprint density at radius 3 is 2.59 bits per heavy atom. The smallest absolute Gasteiger partial charge is 0.317 e. The number of carbonyl (C=O) groups is 1. The monoisotopic (exact) mass is 230 g/mol. The number of para-hydroxylation sites is 1. The molecule has 1 aliphatic rings. The lowest BCUT2D eigenvalue weighted by Gasteiger charge is -2.36. The predicted molar refractivity (Wildman–Crippen MR) is 64.1 cm³/mol. The lowest BCUT2D eigenvalue weighted by atomic mass is 9.66. The molecule has 0 saturated heterocycles. The van der Waals surface area contributed by atoms with E-state index in [0.29, 0.717) is 18.6 Å². The van der Waals surface area contributed by atoms with E-state index in [0.717, 1.165) is 23.0 Å². The van der Waals surface area contributed by atoms with Gasteiger partial charge in [0, 0.05) is 5.39 Å². The molecule has 88 valence electrons. The average Bonchev–Trinajstić information content (AvgIpc) is 2.56. The van der Waals surface area contributed by atoms with Crippen molar-refractivity contribution in [3.63, 3.8) is 0 Å². The number of aliphatic carboxylic acids is 1. The van der Waals surface area contributed by atoms with E-state index in [2.05, 4.69) is 0 Å². The molecule has 0 unspecified atom stereocenters. The van der Waals surface area contributed by atoms with E-state index in [1.165, 1.54) is 0 Å². The van der Waals surface area contributed by atoms with Crippen LogP contribution in [-0.4, -0.2) is 11.1 Å². The normalized spacial score (nSPS) is 17.9. The first kappa shape index (κ1) is 10.4. The highest BCUT2D eigenvalue weighted by atomic mass is 16.4. The van der Waals surface area contributed by atoms with Crippen LogP contribution in [0, 0.1) is 6.92 Å². The Bertz CT molecular complexity index is 591. The van der Waals surface area contributed by atoms with Crippen LogP contribution < -0.4 is 0 Å². The van der Waals surface area contributed by atoms with E-state index in [-0.39, 0.29) is 0 Å². The average molecular weight is 230 g/mol. The number of hydrogen-bond acceptors (Lipinski definition) is 2. The van der Waals surface area contributed by atoms with Crippen LogP contribution in [0.1, 0.15) is 30.6 Å². The first-order valence-corrected chi connectivity index (χ1v) is 5.87. The van der Waals surface area contributed by atoms with Crippen LogP contribution in [0.25, 0.3) is 11.0 Å². The van der Waals surface area contributed by atoms with Gasteiger partial charge in [-0.2, -0.15) is 0 Å². The highest BCUT2D eigenvalue weighted by Crippen LogP contribution is 2.47. The number of rotatable bonds is 2. The van der Waals surface area contributed by atoms with E-state index < -0.39 is 11.4 Å². The summed E-state index contributed by atoms with van der Waals surface area (Å²) in [6, 6.07) is 7.72. The van der Waals surface area contributed by atoms with Crippen molar-refractivity contribution >= 4 is 16.9 Å². The minimum absolute atomic E-state index is 0.650. The van der Waals surface area contributed by atoms with Crippen LogP contribution in [0.2, 0.25) is 0 Å². The molecule has 3 rings (SSSR count). The summed E-state index contributed by atoms with van der Waals surface area (Å²) in [7, 11) is 0. The maximum atomic E-state index is 11.5. The Morgan fingerprint density at radius 2 is 2.06 bits per heavy atom. The van der Waals surface area contributed by atoms with Crippen molar-refractivity contribution in [1.29, 1.82) is 0 Å². The maximum absolute atomic E-state index is 11.5. The Morgan fingerprint density at radius 1 is 1.35 bits per heavy atom. The van der Waals surface area contributed by atoms with E-state index >= 15 is 0 Å². The Labute approximate surface area is 99.0 Å². The largest absolute Gasteiger partial charge is 0.480 e. The van der Waals surface area contributed by atoms with E-state index in [1.807, 2.05) is 31.2 Å². The molecule has 1 fully saturated rings. The van der Waals surface area contributed by atoms with Gasteiger partial charge in [0.25, 0.3) is 0 Å². The molecule has 0 bridgehead atoms. The number of hydrogen-bond donors (Lipinski definition) is 1. The molecular weight excluding hydrogens is 216 g/mol. The van der Waals surface area contributed by atoms with Gasteiger partial charge in [-0.3, -0.25) is 4.79 Å². The quantitative estimate of drug-likeness (QED) is 0.861. The van der Waals surface area contributed by atoms with Gasteiger partial charge in [-0.15, -0.1) is 0 Å². The lowest BCUT2D eigenvalue weighted by Crippen LogP contribution is -2.42. The number of carboxylic acid groups (broad SMARTS) is 1. The third-order valence-electron chi connectivity index (χ3n) is 3.89. The Hall–Kier alpha value is -1.77. The van der Waals surface area contributed by atoms with Gasteiger partial charge in [0.1, 0.15) is 16.8 Å². The zero-order chi connectivity index (χ0) is 12.0. The highest BCUT2D eigenvalue weighted by molar-refractivity contribution is 5.88. The van der Waals surface area contributed by atoms with Crippen LogP contribution in [0.15, 0.2) is 28.7 Å². The molecule has 0 spiro atoms. The molecule has 17 heavy (non-hydrogen) atoms. The summed E-state index contributed by atoms with van der Waals surface area (Å²) in [5, 5.41) is 10.4. The first-order chi connectivity index (χ1) is 8.15. The molecule has 1 aromatic carbocycles. The highest BCUT2D eigenvalue weighted by Gasteiger charge is 2.49.